The molecule has 0 aliphatic rings. The molecule has 0 N–H and O–H groups in total. The molecule has 0 heterocycles. The molecule has 0 saturated carbocycles. The Morgan fingerprint density at radius 2 is 1.70 bits per heavy atom. The number of rotatable bonds is 6. The minimum absolute atomic E-state index is 0.225. The fourth-order valence-electron chi connectivity index (χ4n) is 1.79. The molecule has 20 heavy (non-hydrogen) atoms. The highest BCUT2D eigenvalue weighted by Gasteiger charge is 2.10. The molecule has 0 amide bonds. The number of hydrogen-bond donors (Lipinski definition) is 0. The Hall–Kier alpha value is -2.29. The first-order valence-electron chi connectivity index (χ1n) is 6.76. The summed E-state index contributed by atoms with van der Waals surface area (Å²) in [5.74, 6) is 1.21. The van der Waals surface area contributed by atoms with Crippen LogP contribution in [0.5, 0.6) is 11.5 Å². The third-order valence-electron chi connectivity index (χ3n) is 2.75. The van der Waals surface area contributed by atoms with Gasteiger partial charge < -0.3 is 9.47 Å². The first-order chi connectivity index (χ1) is 9.79. The summed E-state index contributed by atoms with van der Waals surface area (Å²) >= 11 is 0. The zero-order chi connectivity index (χ0) is 14.2. The minimum atomic E-state index is -0.226. The standard InChI is InChI=1S/C17H18O3/c1-2-12-19-17(18)13-14-8-6-7-11-16(14)20-15-9-4-3-5-10-15/h3-11H,2,12-13H2,1H3. The summed E-state index contributed by atoms with van der Waals surface area (Å²) in [7, 11) is 0. The highest BCUT2D eigenvalue weighted by Crippen LogP contribution is 2.25. The van der Waals surface area contributed by atoms with Gasteiger partial charge in [-0.3, -0.25) is 4.79 Å². The van der Waals surface area contributed by atoms with E-state index in [1.807, 2.05) is 61.5 Å². The van der Waals surface area contributed by atoms with Gasteiger partial charge in [-0.05, 0) is 24.6 Å². The molecule has 0 saturated heterocycles. The second-order valence-electron chi connectivity index (χ2n) is 4.42. The van der Waals surface area contributed by atoms with E-state index in [9.17, 15) is 4.79 Å². The molecule has 0 bridgehead atoms. The van der Waals surface area contributed by atoms with Gasteiger partial charge in [0.1, 0.15) is 11.5 Å². The van der Waals surface area contributed by atoms with Crippen LogP contribution in [0.4, 0.5) is 0 Å². The van der Waals surface area contributed by atoms with Crippen LogP contribution >= 0.6 is 0 Å². The molecule has 0 fully saturated rings. The van der Waals surface area contributed by atoms with Crippen molar-refractivity contribution in [2.75, 3.05) is 6.61 Å². The van der Waals surface area contributed by atoms with Crippen molar-refractivity contribution in [2.24, 2.45) is 0 Å². The Morgan fingerprint density at radius 1 is 1.00 bits per heavy atom. The lowest BCUT2D eigenvalue weighted by atomic mass is 10.1. The highest BCUT2D eigenvalue weighted by molar-refractivity contribution is 5.73. The van der Waals surface area contributed by atoms with Gasteiger partial charge >= 0.3 is 5.97 Å². The summed E-state index contributed by atoms with van der Waals surface area (Å²) in [5, 5.41) is 0. The molecule has 2 aromatic rings. The maximum absolute atomic E-state index is 11.7. The highest BCUT2D eigenvalue weighted by atomic mass is 16.5. The van der Waals surface area contributed by atoms with Crippen LogP contribution < -0.4 is 4.74 Å². The number of esters is 1. The van der Waals surface area contributed by atoms with Gasteiger partial charge in [-0.15, -0.1) is 0 Å². The van der Waals surface area contributed by atoms with Gasteiger partial charge in [0.2, 0.25) is 0 Å². The van der Waals surface area contributed by atoms with Gasteiger partial charge in [-0.25, -0.2) is 0 Å². The van der Waals surface area contributed by atoms with E-state index in [2.05, 4.69) is 0 Å². The summed E-state index contributed by atoms with van der Waals surface area (Å²) < 4.78 is 10.9. The topological polar surface area (TPSA) is 35.5 Å². The fourth-order valence-corrected chi connectivity index (χ4v) is 1.79. The Bertz CT molecular complexity index is 549. The van der Waals surface area contributed by atoms with E-state index in [-0.39, 0.29) is 12.4 Å². The number of para-hydroxylation sites is 2. The molecule has 2 rings (SSSR count). The predicted octanol–water partition coefficient (Wildman–Crippen LogP) is 3.97. The van der Waals surface area contributed by atoms with Gasteiger partial charge in [0, 0.05) is 5.56 Å². The summed E-state index contributed by atoms with van der Waals surface area (Å²) in [6.45, 7) is 2.43. The molecule has 0 spiro atoms. The Balaban J connectivity index is 2.08. The molecule has 0 aliphatic heterocycles. The van der Waals surface area contributed by atoms with Crippen LogP contribution in [0.3, 0.4) is 0 Å². The smallest absolute Gasteiger partial charge is 0.310 e. The van der Waals surface area contributed by atoms with E-state index in [1.165, 1.54) is 0 Å². The van der Waals surface area contributed by atoms with E-state index < -0.39 is 0 Å². The van der Waals surface area contributed by atoms with Crippen molar-refractivity contribution in [3.8, 4) is 11.5 Å². The molecule has 0 radical (unpaired) electrons. The molecular weight excluding hydrogens is 252 g/mol. The molecule has 0 atom stereocenters. The summed E-state index contributed by atoms with van der Waals surface area (Å²) in [5.41, 5.74) is 0.831. The van der Waals surface area contributed by atoms with E-state index in [0.717, 1.165) is 17.7 Å². The quantitative estimate of drug-likeness (QED) is 0.745. The molecule has 2 aromatic carbocycles. The molecule has 0 unspecified atom stereocenters. The van der Waals surface area contributed by atoms with Crippen LogP contribution in [0.2, 0.25) is 0 Å². The van der Waals surface area contributed by atoms with Gasteiger partial charge in [-0.2, -0.15) is 0 Å². The molecule has 3 nitrogen and oxygen atoms in total. The molecule has 3 heteroatoms. The second-order valence-corrected chi connectivity index (χ2v) is 4.42. The van der Waals surface area contributed by atoms with Crippen LogP contribution in [0, 0.1) is 0 Å². The average Bonchev–Trinajstić information content (AvgIpc) is 2.48. The van der Waals surface area contributed by atoms with Crippen molar-refractivity contribution >= 4 is 5.97 Å². The Kier molecular flexibility index (Phi) is 5.18. The van der Waals surface area contributed by atoms with Crippen molar-refractivity contribution in [3.05, 3.63) is 60.2 Å². The van der Waals surface area contributed by atoms with E-state index in [0.29, 0.717) is 12.4 Å². The van der Waals surface area contributed by atoms with Crippen LogP contribution in [0.15, 0.2) is 54.6 Å². The maximum atomic E-state index is 11.7. The third-order valence-corrected chi connectivity index (χ3v) is 2.75. The van der Waals surface area contributed by atoms with E-state index >= 15 is 0 Å². The molecule has 0 aromatic heterocycles. The molecule has 0 aliphatic carbocycles. The average molecular weight is 270 g/mol. The molecule has 104 valence electrons. The van der Waals surface area contributed by atoms with E-state index in [4.69, 9.17) is 9.47 Å². The summed E-state index contributed by atoms with van der Waals surface area (Å²) in [6, 6.07) is 17.0. The fraction of sp³-hybridized carbons (Fsp3) is 0.235. The van der Waals surface area contributed by atoms with E-state index in [1.54, 1.807) is 0 Å². The zero-order valence-corrected chi connectivity index (χ0v) is 11.5. The lowest BCUT2D eigenvalue weighted by molar-refractivity contribution is -0.142. The largest absolute Gasteiger partial charge is 0.465 e. The van der Waals surface area contributed by atoms with Crippen LogP contribution in [-0.2, 0) is 16.0 Å². The van der Waals surface area contributed by atoms with Crippen LogP contribution in [-0.4, -0.2) is 12.6 Å². The second kappa shape index (κ2) is 7.34. The number of carbonyl (C=O) groups excluding carboxylic acids is 1. The van der Waals surface area contributed by atoms with Crippen molar-refractivity contribution < 1.29 is 14.3 Å². The minimum Gasteiger partial charge on any atom is -0.465 e. The summed E-state index contributed by atoms with van der Waals surface area (Å²) in [4.78, 5) is 11.7. The lowest BCUT2D eigenvalue weighted by Crippen LogP contribution is -2.09. The maximum Gasteiger partial charge on any atom is 0.310 e. The molecular formula is C17H18O3. The van der Waals surface area contributed by atoms with Crippen molar-refractivity contribution in [1.29, 1.82) is 0 Å². The number of benzene rings is 2. The van der Waals surface area contributed by atoms with Crippen LogP contribution in [0.1, 0.15) is 18.9 Å². The van der Waals surface area contributed by atoms with Crippen molar-refractivity contribution in [2.45, 2.75) is 19.8 Å². The SMILES string of the molecule is CCCOC(=O)Cc1ccccc1Oc1ccccc1. The van der Waals surface area contributed by atoms with Crippen molar-refractivity contribution in [3.63, 3.8) is 0 Å². The number of carbonyl (C=O) groups is 1. The third kappa shape index (κ3) is 4.12. The normalized spacial score (nSPS) is 10.1. The van der Waals surface area contributed by atoms with Crippen molar-refractivity contribution in [1.82, 2.24) is 0 Å². The zero-order valence-electron chi connectivity index (χ0n) is 11.5. The van der Waals surface area contributed by atoms with Crippen LogP contribution in [0.25, 0.3) is 0 Å². The Labute approximate surface area is 119 Å². The number of ether oxygens (including phenoxy) is 2. The van der Waals surface area contributed by atoms with Gasteiger partial charge in [0.05, 0.1) is 13.0 Å². The van der Waals surface area contributed by atoms with Gasteiger partial charge in [0.15, 0.2) is 0 Å². The number of hydrogen-bond acceptors (Lipinski definition) is 3. The first kappa shape index (κ1) is 14.1. The predicted molar refractivity (Wildman–Crippen MR) is 77.9 cm³/mol. The monoisotopic (exact) mass is 270 g/mol. The Morgan fingerprint density at radius 3 is 2.45 bits per heavy atom. The first-order valence-corrected chi connectivity index (χ1v) is 6.76. The summed E-state index contributed by atoms with van der Waals surface area (Å²) in [6.07, 6.45) is 1.05. The lowest BCUT2D eigenvalue weighted by Gasteiger charge is -2.10. The van der Waals surface area contributed by atoms with Gasteiger partial charge in [-0.1, -0.05) is 43.3 Å². The van der Waals surface area contributed by atoms with Gasteiger partial charge in [0.25, 0.3) is 0 Å².